The third-order valence-corrected chi connectivity index (χ3v) is 6.35. The number of amides is 1. The van der Waals surface area contributed by atoms with Crippen LogP contribution in [0.25, 0.3) is 16.7 Å². The molecule has 6 rings (SSSR count). The molecule has 0 radical (unpaired) electrons. The second kappa shape index (κ2) is 7.58. The van der Waals surface area contributed by atoms with Gasteiger partial charge >= 0.3 is 0 Å². The molecule has 2 fully saturated rings. The summed E-state index contributed by atoms with van der Waals surface area (Å²) >= 11 is 0. The Hall–Kier alpha value is -3.48. The maximum Gasteiger partial charge on any atom is 0.252 e. The number of hydrogen-bond acceptors (Lipinski definition) is 4. The zero-order valence-electron chi connectivity index (χ0n) is 18.2. The average Bonchev–Trinajstić information content (AvgIpc) is 3.77. The van der Waals surface area contributed by atoms with Crippen LogP contribution in [0.4, 0.5) is 0 Å². The predicted molar refractivity (Wildman–Crippen MR) is 122 cm³/mol. The molecule has 0 bridgehead atoms. The minimum Gasteiger partial charge on any atom is -0.348 e. The van der Waals surface area contributed by atoms with Crippen molar-refractivity contribution in [2.45, 2.75) is 57.5 Å². The molecule has 0 spiro atoms. The molecule has 2 aliphatic carbocycles. The van der Waals surface area contributed by atoms with E-state index in [-0.39, 0.29) is 5.91 Å². The number of nitrogens with zero attached hydrogens (tertiary/aromatic N) is 5. The molecule has 0 saturated heterocycles. The smallest absolute Gasteiger partial charge is 0.252 e. The van der Waals surface area contributed by atoms with Gasteiger partial charge in [0.2, 0.25) is 0 Å². The van der Waals surface area contributed by atoms with E-state index in [1.54, 1.807) is 0 Å². The van der Waals surface area contributed by atoms with Crippen molar-refractivity contribution in [3.8, 4) is 5.69 Å². The van der Waals surface area contributed by atoms with Crippen molar-refractivity contribution in [1.29, 1.82) is 0 Å². The fourth-order valence-corrected chi connectivity index (χ4v) is 4.27. The lowest BCUT2D eigenvalue weighted by Crippen LogP contribution is -2.23. The van der Waals surface area contributed by atoms with Gasteiger partial charge in [0, 0.05) is 42.4 Å². The summed E-state index contributed by atoms with van der Waals surface area (Å²) in [4.78, 5) is 18.5. The van der Waals surface area contributed by atoms with Crippen LogP contribution in [0.3, 0.4) is 0 Å². The number of benzene rings is 1. The van der Waals surface area contributed by atoms with Crippen molar-refractivity contribution in [3.05, 3.63) is 71.3 Å². The number of carbonyl (C=O) groups excluding carboxylic acids is 1. The Labute approximate surface area is 186 Å². The van der Waals surface area contributed by atoms with E-state index in [2.05, 4.69) is 10.4 Å². The van der Waals surface area contributed by atoms with Gasteiger partial charge in [0.25, 0.3) is 5.91 Å². The van der Waals surface area contributed by atoms with Gasteiger partial charge in [-0.2, -0.15) is 10.2 Å². The Kier molecular flexibility index (Phi) is 4.56. The van der Waals surface area contributed by atoms with Crippen LogP contribution >= 0.6 is 0 Å². The molecule has 7 heteroatoms. The van der Waals surface area contributed by atoms with E-state index < -0.39 is 0 Å². The lowest BCUT2D eigenvalue weighted by atomic mass is 10.0. The van der Waals surface area contributed by atoms with E-state index in [0.29, 0.717) is 23.9 Å². The average molecular weight is 427 g/mol. The summed E-state index contributed by atoms with van der Waals surface area (Å²) in [7, 11) is 0. The van der Waals surface area contributed by atoms with Crippen LogP contribution in [0.5, 0.6) is 0 Å². The molecule has 0 atom stereocenters. The second-order valence-electron chi connectivity index (χ2n) is 8.86. The minimum absolute atomic E-state index is 0.0712. The van der Waals surface area contributed by atoms with Crippen molar-refractivity contribution in [2.24, 2.45) is 0 Å². The molecule has 0 unspecified atom stereocenters. The summed E-state index contributed by atoms with van der Waals surface area (Å²) in [5.41, 5.74) is 5.47. The Bertz CT molecular complexity index is 1300. The third-order valence-electron chi connectivity index (χ3n) is 6.35. The topological polar surface area (TPSA) is 77.6 Å². The first-order chi connectivity index (χ1) is 15.7. The van der Waals surface area contributed by atoms with E-state index in [9.17, 15) is 4.79 Å². The van der Waals surface area contributed by atoms with E-state index in [0.717, 1.165) is 65.9 Å². The summed E-state index contributed by atoms with van der Waals surface area (Å²) < 4.78 is 3.79. The first-order valence-corrected chi connectivity index (χ1v) is 11.5. The van der Waals surface area contributed by atoms with Crippen molar-refractivity contribution in [3.63, 3.8) is 0 Å². The van der Waals surface area contributed by atoms with E-state index in [1.807, 2.05) is 65.1 Å². The van der Waals surface area contributed by atoms with Gasteiger partial charge in [-0.3, -0.25) is 9.48 Å². The van der Waals surface area contributed by atoms with Gasteiger partial charge in [0.05, 0.1) is 28.5 Å². The molecule has 2 saturated carbocycles. The SMILES string of the molecule is CCn1cc(CNC(=O)c2cc(C3CC3)nc3c2c(C2CC2)nn3-c2ccccc2)cn1. The number of rotatable bonds is 7. The van der Waals surface area contributed by atoms with Crippen LogP contribution < -0.4 is 5.32 Å². The van der Waals surface area contributed by atoms with Crippen molar-refractivity contribution >= 4 is 16.9 Å². The minimum atomic E-state index is -0.0712. The molecule has 162 valence electrons. The van der Waals surface area contributed by atoms with Crippen LogP contribution in [-0.2, 0) is 13.1 Å². The maximum absolute atomic E-state index is 13.4. The molecule has 1 amide bonds. The molecule has 3 heterocycles. The standard InChI is InChI=1S/C25H26N6O/c1-2-30-15-16(14-27-30)13-26-25(32)20-12-21(17-8-9-17)28-24-22(20)23(18-10-11-18)29-31(24)19-6-4-3-5-7-19/h3-7,12,14-15,17-18H,2,8-11,13H2,1H3,(H,26,32). The number of aryl methyl sites for hydroxylation is 1. The van der Waals surface area contributed by atoms with E-state index >= 15 is 0 Å². The zero-order chi connectivity index (χ0) is 21.7. The largest absolute Gasteiger partial charge is 0.348 e. The number of fused-ring (bicyclic) bond motifs is 1. The molecular weight excluding hydrogens is 400 g/mol. The van der Waals surface area contributed by atoms with Gasteiger partial charge in [-0.1, -0.05) is 18.2 Å². The highest BCUT2D eigenvalue weighted by Crippen LogP contribution is 2.45. The number of nitrogens with one attached hydrogen (secondary N) is 1. The molecule has 4 aromatic rings. The highest BCUT2D eigenvalue weighted by molar-refractivity contribution is 6.07. The fraction of sp³-hybridized carbons (Fsp3) is 0.360. The molecule has 32 heavy (non-hydrogen) atoms. The lowest BCUT2D eigenvalue weighted by Gasteiger charge is -2.09. The zero-order valence-corrected chi connectivity index (χ0v) is 18.2. The van der Waals surface area contributed by atoms with Gasteiger partial charge in [-0.25, -0.2) is 9.67 Å². The fourth-order valence-electron chi connectivity index (χ4n) is 4.27. The highest BCUT2D eigenvalue weighted by Gasteiger charge is 2.34. The van der Waals surface area contributed by atoms with Crippen LogP contribution in [-0.4, -0.2) is 30.5 Å². The van der Waals surface area contributed by atoms with E-state index in [1.165, 1.54) is 0 Å². The van der Waals surface area contributed by atoms with E-state index in [4.69, 9.17) is 10.1 Å². The first-order valence-electron chi connectivity index (χ1n) is 11.5. The van der Waals surface area contributed by atoms with Crippen molar-refractivity contribution < 1.29 is 4.79 Å². The number of pyridine rings is 1. The second-order valence-corrected chi connectivity index (χ2v) is 8.86. The number of para-hydroxylation sites is 1. The Balaban J connectivity index is 1.44. The van der Waals surface area contributed by atoms with Crippen LogP contribution in [0.2, 0.25) is 0 Å². The number of carbonyl (C=O) groups is 1. The monoisotopic (exact) mass is 426 g/mol. The van der Waals surface area contributed by atoms with Crippen LogP contribution in [0, 0.1) is 0 Å². The summed E-state index contributed by atoms with van der Waals surface area (Å²) in [5, 5.41) is 13.3. The highest BCUT2D eigenvalue weighted by atomic mass is 16.1. The van der Waals surface area contributed by atoms with Crippen molar-refractivity contribution in [1.82, 2.24) is 29.9 Å². The van der Waals surface area contributed by atoms with Gasteiger partial charge in [0.1, 0.15) is 0 Å². The molecule has 1 aromatic carbocycles. The quantitative estimate of drug-likeness (QED) is 0.477. The maximum atomic E-state index is 13.4. The molecule has 2 aliphatic rings. The lowest BCUT2D eigenvalue weighted by molar-refractivity contribution is 0.0952. The third kappa shape index (κ3) is 3.47. The van der Waals surface area contributed by atoms with Crippen molar-refractivity contribution in [2.75, 3.05) is 0 Å². The summed E-state index contributed by atoms with van der Waals surface area (Å²) in [6.07, 6.45) is 8.27. The first kappa shape index (κ1) is 19.2. The summed E-state index contributed by atoms with van der Waals surface area (Å²) in [6.45, 7) is 3.31. The summed E-state index contributed by atoms with van der Waals surface area (Å²) in [5.74, 6) is 0.778. The van der Waals surface area contributed by atoms with Crippen LogP contribution in [0.15, 0.2) is 48.8 Å². The predicted octanol–water partition coefficient (Wildman–Crippen LogP) is 4.32. The van der Waals surface area contributed by atoms with Crippen LogP contribution in [0.1, 0.15) is 71.8 Å². The molecule has 0 aliphatic heterocycles. The number of hydrogen-bond donors (Lipinski definition) is 1. The molecule has 3 aromatic heterocycles. The normalized spacial score (nSPS) is 15.9. The Morgan fingerprint density at radius 3 is 2.59 bits per heavy atom. The van der Waals surface area contributed by atoms with Gasteiger partial charge < -0.3 is 5.32 Å². The molecular formula is C25H26N6O. The molecule has 7 nitrogen and oxygen atoms in total. The molecule has 1 N–H and O–H groups in total. The summed E-state index contributed by atoms with van der Waals surface area (Å²) in [6, 6.07) is 12.1. The van der Waals surface area contributed by atoms with Gasteiger partial charge in [-0.05, 0) is 50.8 Å². The Morgan fingerprint density at radius 1 is 1.12 bits per heavy atom. The Morgan fingerprint density at radius 2 is 1.91 bits per heavy atom. The van der Waals surface area contributed by atoms with Gasteiger partial charge in [0.15, 0.2) is 5.65 Å². The number of aromatic nitrogens is 5. The van der Waals surface area contributed by atoms with Gasteiger partial charge in [-0.15, -0.1) is 0 Å².